The third-order valence-electron chi connectivity index (χ3n) is 2.67. The van der Waals surface area contributed by atoms with Gasteiger partial charge in [0.05, 0.1) is 0 Å². The van der Waals surface area contributed by atoms with Crippen molar-refractivity contribution in [3.8, 4) is 0 Å². The SMILES string of the molecule is C1=C2CCCC(CC1)C2. The summed E-state index contributed by atoms with van der Waals surface area (Å²) >= 11 is 0. The van der Waals surface area contributed by atoms with Crippen molar-refractivity contribution in [2.45, 2.75) is 38.5 Å². The van der Waals surface area contributed by atoms with Crippen LogP contribution < -0.4 is 0 Å². The Morgan fingerprint density at radius 1 is 1.33 bits per heavy atom. The van der Waals surface area contributed by atoms with Crippen LogP contribution in [-0.2, 0) is 0 Å². The minimum Gasteiger partial charge on any atom is -0.0853 e. The van der Waals surface area contributed by atoms with Crippen molar-refractivity contribution >= 4 is 0 Å². The van der Waals surface area contributed by atoms with Crippen LogP contribution in [0.1, 0.15) is 38.5 Å². The van der Waals surface area contributed by atoms with Gasteiger partial charge in [-0.15, -0.1) is 0 Å². The van der Waals surface area contributed by atoms with Crippen LogP contribution in [0.25, 0.3) is 0 Å². The first-order chi connectivity index (χ1) is 4.45. The lowest BCUT2D eigenvalue weighted by atomic mass is 9.79. The molecular weight excluding hydrogens is 108 g/mol. The van der Waals surface area contributed by atoms with Gasteiger partial charge >= 0.3 is 0 Å². The lowest BCUT2D eigenvalue weighted by Gasteiger charge is -2.27. The van der Waals surface area contributed by atoms with Gasteiger partial charge in [0.1, 0.15) is 0 Å². The topological polar surface area (TPSA) is 0 Å². The van der Waals surface area contributed by atoms with Crippen LogP contribution in [0.3, 0.4) is 0 Å². The van der Waals surface area contributed by atoms with Crippen LogP contribution in [0.5, 0.6) is 0 Å². The molecule has 0 saturated heterocycles. The van der Waals surface area contributed by atoms with E-state index in [1.54, 1.807) is 5.57 Å². The molecule has 0 aromatic rings. The van der Waals surface area contributed by atoms with Crippen LogP contribution in [0.15, 0.2) is 11.6 Å². The standard InChI is InChI=1S/C9H14/c1-3-8-5-2-6-9(4-1)7-8/h3,9H,1-2,4-7H2. The Morgan fingerprint density at radius 3 is 3.11 bits per heavy atom. The first kappa shape index (κ1) is 5.52. The Kier molecular flexibility index (Phi) is 1.33. The summed E-state index contributed by atoms with van der Waals surface area (Å²) in [4.78, 5) is 0. The Balaban J connectivity index is 2.13. The van der Waals surface area contributed by atoms with Gasteiger partial charge in [0.15, 0.2) is 0 Å². The maximum Gasteiger partial charge on any atom is -0.0292 e. The minimum absolute atomic E-state index is 1.08. The number of allylic oxidation sites excluding steroid dienone is 2. The molecule has 2 aliphatic rings. The summed E-state index contributed by atoms with van der Waals surface area (Å²) in [6.45, 7) is 0. The van der Waals surface area contributed by atoms with E-state index in [1.165, 1.54) is 38.5 Å². The Bertz CT molecular complexity index is 133. The molecule has 0 N–H and O–H groups in total. The highest BCUT2D eigenvalue weighted by Crippen LogP contribution is 2.35. The number of rotatable bonds is 0. The van der Waals surface area contributed by atoms with Crippen molar-refractivity contribution in [1.29, 1.82) is 0 Å². The lowest BCUT2D eigenvalue weighted by Crippen LogP contribution is -2.11. The van der Waals surface area contributed by atoms with Crippen molar-refractivity contribution in [3.63, 3.8) is 0 Å². The van der Waals surface area contributed by atoms with Crippen LogP contribution in [0, 0.1) is 5.92 Å². The summed E-state index contributed by atoms with van der Waals surface area (Å²) < 4.78 is 0. The Labute approximate surface area is 57.0 Å². The molecule has 1 fully saturated rings. The third-order valence-corrected chi connectivity index (χ3v) is 2.67. The van der Waals surface area contributed by atoms with Crippen molar-refractivity contribution in [2.75, 3.05) is 0 Å². The summed E-state index contributed by atoms with van der Waals surface area (Å²) in [5.74, 6) is 1.08. The quantitative estimate of drug-likeness (QED) is 0.433. The molecule has 0 radical (unpaired) electrons. The fourth-order valence-electron chi connectivity index (χ4n) is 2.15. The van der Waals surface area contributed by atoms with Gasteiger partial charge in [0.2, 0.25) is 0 Å². The molecule has 2 rings (SSSR count). The van der Waals surface area contributed by atoms with E-state index in [9.17, 15) is 0 Å². The van der Waals surface area contributed by atoms with Crippen LogP contribution in [0.2, 0.25) is 0 Å². The van der Waals surface area contributed by atoms with E-state index in [0.29, 0.717) is 0 Å². The zero-order chi connectivity index (χ0) is 6.10. The largest absolute Gasteiger partial charge is 0.0853 e. The van der Waals surface area contributed by atoms with E-state index in [-0.39, 0.29) is 0 Å². The first-order valence-corrected chi connectivity index (χ1v) is 4.13. The molecule has 0 aromatic heterocycles. The van der Waals surface area contributed by atoms with Gasteiger partial charge in [-0.05, 0) is 44.4 Å². The number of hydrogen-bond acceptors (Lipinski definition) is 0. The van der Waals surface area contributed by atoms with E-state index in [0.717, 1.165) is 5.92 Å². The van der Waals surface area contributed by atoms with Gasteiger partial charge in [0, 0.05) is 0 Å². The lowest BCUT2D eigenvalue weighted by molar-refractivity contribution is 0.376. The van der Waals surface area contributed by atoms with Crippen LogP contribution in [-0.4, -0.2) is 0 Å². The molecule has 1 unspecified atom stereocenters. The predicted octanol–water partition coefficient (Wildman–Crippen LogP) is 2.90. The van der Waals surface area contributed by atoms with Gasteiger partial charge in [-0.1, -0.05) is 11.6 Å². The number of fused-ring (bicyclic) bond motifs is 2. The molecule has 2 bridgehead atoms. The summed E-state index contributed by atoms with van der Waals surface area (Å²) in [5, 5.41) is 0. The van der Waals surface area contributed by atoms with Gasteiger partial charge < -0.3 is 0 Å². The molecule has 0 heterocycles. The Hall–Kier alpha value is -0.260. The van der Waals surface area contributed by atoms with E-state index >= 15 is 0 Å². The molecule has 2 aliphatic carbocycles. The molecule has 0 amide bonds. The van der Waals surface area contributed by atoms with Crippen molar-refractivity contribution in [1.82, 2.24) is 0 Å². The molecular formula is C9H14. The molecule has 0 spiro atoms. The second-order valence-electron chi connectivity index (χ2n) is 3.40. The fraction of sp³-hybridized carbons (Fsp3) is 0.778. The molecule has 0 aliphatic heterocycles. The summed E-state index contributed by atoms with van der Waals surface area (Å²) in [6.07, 6.45) is 11.2. The highest BCUT2D eigenvalue weighted by molar-refractivity contribution is 5.09. The van der Waals surface area contributed by atoms with E-state index in [1.807, 2.05) is 0 Å². The normalized spacial score (nSPS) is 33.8. The second-order valence-corrected chi connectivity index (χ2v) is 3.40. The molecule has 1 atom stereocenters. The maximum absolute atomic E-state index is 2.47. The van der Waals surface area contributed by atoms with E-state index in [2.05, 4.69) is 6.08 Å². The second kappa shape index (κ2) is 2.17. The molecule has 0 nitrogen and oxygen atoms in total. The van der Waals surface area contributed by atoms with Crippen LogP contribution >= 0.6 is 0 Å². The highest BCUT2D eigenvalue weighted by atomic mass is 14.2. The maximum atomic E-state index is 2.47. The van der Waals surface area contributed by atoms with Gasteiger partial charge in [0.25, 0.3) is 0 Å². The average molecular weight is 122 g/mol. The molecule has 0 heteroatoms. The molecule has 0 aromatic carbocycles. The van der Waals surface area contributed by atoms with Gasteiger partial charge in [-0.25, -0.2) is 0 Å². The smallest absolute Gasteiger partial charge is 0.0292 e. The summed E-state index contributed by atoms with van der Waals surface area (Å²) in [5.41, 5.74) is 1.76. The highest BCUT2D eigenvalue weighted by Gasteiger charge is 2.18. The summed E-state index contributed by atoms with van der Waals surface area (Å²) in [6, 6.07) is 0. The van der Waals surface area contributed by atoms with E-state index < -0.39 is 0 Å². The third kappa shape index (κ3) is 1.03. The van der Waals surface area contributed by atoms with Crippen molar-refractivity contribution < 1.29 is 0 Å². The zero-order valence-corrected chi connectivity index (χ0v) is 5.90. The zero-order valence-electron chi connectivity index (χ0n) is 5.90. The van der Waals surface area contributed by atoms with Gasteiger partial charge in [-0.2, -0.15) is 0 Å². The molecule has 1 saturated carbocycles. The van der Waals surface area contributed by atoms with Gasteiger partial charge in [-0.3, -0.25) is 0 Å². The monoisotopic (exact) mass is 122 g/mol. The minimum atomic E-state index is 1.08. The summed E-state index contributed by atoms with van der Waals surface area (Å²) in [7, 11) is 0. The number of hydrogen-bond donors (Lipinski definition) is 0. The average Bonchev–Trinajstić information content (AvgIpc) is 1.88. The van der Waals surface area contributed by atoms with Crippen LogP contribution in [0.4, 0.5) is 0 Å². The van der Waals surface area contributed by atoms with E-state index in [4.69, 9.17) is 0 Å². The first-order valence-electron chi connectivity index (χ1n) is 4.13. The van der Waals surface area contributed by atoms with Crippen molar-refractivity contribution in [2.24, 2.45) is 5.92 Å². The van der Waals surface area contributed by atoms with Crippen molar-refractivity contribution in [3.05, 3.63) is 11.6 Å². The molecule has 9 heavy (non-hydrogen) atoms. The fourth-order valence-corrected chi connectivity index (χ4v) is 2.15. The Morgan fingerprint density at radius 2 is 2.33 bits per heavy atom. The molecule has 50 valence electrons. The predicted molar refractivity (Wildman–Crippen MR) is 39.3 cm³/mol.